The Morgan fingerprint density at radius 2 is 1.90 bits per heavy atom. The molecule has 0 fully saturated rings. The number of fused-ring (bicyclic) bond motifs is 1. The van der Waals surface area contributed by atoms with Crippen molar-refractivity contribution in [3.8, 4) is 22.8 Å². The zero-order chi connectivity index (χ0) is 19.9. The van der Waals surface area contributed by atoms with Crippen LogP contribution in [0.1, 0.15) is 12.7 Å². The highest BCUT2D eigenvalue weighted by Crippen LogP contribution is 2.30. The molecule has 7 heteroatoms. The van der Waals surface area contributed by atoms with Gasteiger partial charge in [0.25, 0.3) is 0 Å². The minimum absolute atomic E-state index is 0.0814. The fraction of sp³-hybridized carbons (Fsp3) is 0.273. The Hall–Kier alpha value is -3.48. The Morgan fingerprint density at radius 3 is 2.72 bits per heavy atom. The van der Waals surface area contributed by atoms with Gasteiger partial charge in [0.15, 0.2) is 17.5 Å². The molecule has 4 rings (SSSR count). The van der Waals surface area contributed by atoms with Gasteiger partial charge in [-0.25, -0.2) is 9.98 Å². The van der Waals surface area contributed by atoms with Gasteiger partial charge in [-0.1, -0.05) is 42.5 Å². The summed E-state index contributed by atoms with van der Waals surface area (Å²) in [5.41, 5.74) is 2.09. The lowest BCUT2D eigenvalue weighted by atomic mass is 10.2. The summed E-state index contributed by atoms with van der Waals surface area (Å²) in [5, 5.41) is 6.57. The Bertz CT molecular complexity index is 955. The highest BCUT2D eigenvalue weighted by molar-refractivity contribution is 5.79. The van der Waals surface area contributed by atoms with Crippen molar-refractivity contribution in [1.82, 2.24) is 20.6 Å². The zero-order valence-electron chi connectivity index (χ0n) is 16.4. The van der Waals surface area contributed by atoms with E-state index in [2.05, 4.69) is 37.7 Å². The molecular weight excluding hydrogens is 366 g/mol. The number of benzene rings is 2. The third-order valence-corrected chi connectivity index (χ3v) is 4.51. The number of H-pyrrole nitrogens is 1. The summed E-state index contributed by atoms with van der Waals surface area (Å²) >= 11 is 0. The van der Waals surface area contributed by atoms with E-state index in [1.54, 1.807) is 0 Å². The third-order valence-electron chi connectivity index (χ3n) is 4.51. The number of guanidine groups is 1. The molecule has 29 heavy (non-hydrogen) atoms. The van der Waals surface area contributed by atoms with E-state index in [9.17, 15) is 0 Å². The van der Waals surface area contributed by atoms with Gasteiger partial charge in [0.1, 0.15) is 25.1 Å². The van der Waals surface area contributed by atoms with Crippen LogP contribution in [0, 0.1) is 0 Å². The quantitative estimate of drug-likeness (QED) is 0.444. The summed E-state index contributed by atoms with van der Waals surface area (Å²) in [5.74, 6) is 3.09. The minimum atomic E-state index is -0.0814. The number of ether oxygens (including phenoxy) is 2. The monoisotopic (exact) mass is 391 g/mol. The van der Waals surface area contributed by atoms with Gasteiger partial charge in [-0.15, -0.1) is 0 Å². The largest absolute Gasteiger partial charge is 0.486 e. The summed E-state index contributed by atoms with van der Waals surface area (Å²) in [6.07, 6.45) is 1.76. The molecular formula is C22H25N5O2. The number of nitrogens with zero attached hydrogens (tertiary/aromatic N) is 2. The second kappa shape index (κ2) is 9.14. The molecule has 1 unspecified atom stereocenters. The van der Waals surface area contributed by atoms with Gasteiger partial charge in [0, 0.05) is 6.54 Å². The van der Waals surface area contributed by atoms with E-state index in [-0.39, 0.29) is 6.10 Å². The molecule has 1 aliphatic rings. The van der Waals surface area contributed by atoms with E-state index in [0.717, 1.165) is 35.1 Å². The molecule has 0 radical (unpaired) electrons. The van der Waals surface area contributed by atoms with Crippen molar-refractivity contribution in [2.45, 2.75) is 19.6 Å². The van der Waals surface area contributed by atoms with Crippen molar-refractivity contribution in [1.29, 1.82) is 0 Å². The maximum Gasteiger partial charge on any atom is 0.191 e. The van der Waals surface area contributed by atoms with Crippen LogP contribution in [0.15, 0.2) is 65.8 Å². The average Bonchev–Trinajstić information content (AvgIpc) is 3.25. The van der Waals surface area contributed by atoms with E-state index in [1.807, 2.05) is 55.6 Å². The molecule has 0 amide bonds. The van der Waals surface area contributed by atoms with Crippen LogP contribution in [0.3, 0.4) is 0 Å². The van der Waals surface area contributed by atoms with E-state index < -0.39 is 0 Å². The molecule has 3 N–H and O–H groups in total. The Balaban J connectivity index is 1.34. The average molecular weight is 391 g/mol. The standard InChI is InChI=1S/C22H25N5O2/c1-2-23-22(25-12-17-15-28-19-10-6-7-11-20(19)29-17)26-14-21-24-13-18(27-21)16-8-4-3-5-9-16/h3-11,13,17H,2,12,14-15H2,1H3,(H,24,27)(H2,23,25,26). The molecule has 2 aromatic carbocycles. The maximum absolute atomic E-state index is 5.99. The summed E-state index contributed by atoms with van der Waals surface area (Å²) in [6.45, 7) is 4.35. The molecule has 1 atom stereocenters. The molecule has 150 valence electrons. The molecule has 1 aliphatic heterocycles. The number of hydrogen-bond acceptors (Lipinski definition) is 4. The van der Waals surface area contributed by atoms with Gasteiger partial charge in [0.2, 0.25) is 0 Å². The van der Waals surface area contributed by atoms with Gasteiger partial charge in [-0.2, -0.15) is 0 Å². The number of rotatable bonds is 6. The van der Waals surface area contributed by atoms with E-state index in [0.29, 0.717) is 25.7 Å². The topological polar surface area (TPSA) is 83.6 Å². The van der Waals surface area contributed by atoms with E-state index >= 15 is 0 Å². The summed E-state index contributed by atoms with van der Waals surface area (Å²) in [4.78, 5) is 12.4. The van der Waals surface area contributed by atoms with Crippen molar-refractivity contribution in [3.05, 3.63) is 66.6 Å². The highest BCUT2D eigenvalue weighted by Gasteiger charge is 2.20. The van der Waals surface area contributed by atoms with Crippen LogP contribution >= 0.6 is 0 Å². The van der Waals surface area contributed by atoms with Crippen molar-refractivity contribution in [2.24, 2.45) is 4.99 Å². The fourth-order valence-corrected chi connectivity index (χ4v) is 3.08. The number of aliphatic imine (C=N–C) groups is 1. The molecule has 7 nitrogen and oxygen atoms in total. The smallest absolute Gasteiger partial charge is 0.191 e. The van der Waals surface area contributed by atoms with Crippen LogP contribution in [0.25, 0.3) is 11.3 Å². The van der Waals surface area contributed by atoms with Crippen molar-refractivity contribution in [3.63, 3.8) is 0 Å². The Morgan fingerprint density at radius 1 is 1.10 bits per heavy atom. The second-order valence-corrected chi connectivity index (χ2v) is 6.68. The zero-order valence-corrected chi connectivity index (χ0v) is 16.4. The van der Waals surface area contributed by atoms with Gasteiger partial charge in [0.05, 0.1) is 18.4 Å². The lowest BCUT2D eigenvalue weighted by molar-refractivity contribution is 0.0936. The summed E-state index contributed by atoms with van der Waals surface area (Å²) < 4.78 is 11.7. The molecule has 0 bridgehead atoms. The Kier molecular flexibility index (Phi) is 5.95. The first-order valence-corrected chi connectivity index (χ1v) is 9.82. The van der Waals surface area contributed by atoms with E-state index in [1.165, 1.54) is 0 Å². The lowest BCUT2D eigenvalue weighted by Gasteiger charge is -2.27. The predicted molar refractivity (Wildman–Crippen MR) is 113 cm³/mol. The van der Waals surface area contributed by atoms with Crippen LogP contribution in [0.4, 0.5) is 0 Å². The van der Waals surface area contributed by atoms with Gasteiger partial charge >= 0.3 is 0 Å². The number of aromatic amines is 1. The number of imidazole rings is 1. The number of para-hydroxylation sites is 2. The van der Waals surface area contributed by atoms with Gasteiger partial charge in [-0.05, 0) is 24.6 Å². The third kappa shape index (κ3) is 4.87. The summed E-state index contributed by atoms with van der Waals surface area (Å²) in [7, 11) is 0. The molecule has 0 saturated heterocycles. The number of hydrogen-bond donors (Lipinski definition) is 3. The normalized spacial score (nSPS) is 15.8. The maximum atomic E-state index is 5.99. The highest BCUT2D eigenvalue weighted by atomic mass is 16.6. The fourth-order valence-electron chi connectivity index (χ4n) is 3.08. The number of aromatic nitrogens is 2. The molecule has 0 spiro atoms. The van der Waals surface area contributed by atoms with Crippen molar-refractivity contribution < 1.29 is 9.47 Å². The van der Waals surface area contributed by atoms with Crippen LogP contribution < -0.4 is 20.1 Å². The van der Waals surface area contributed by atoms with Crippen LogP contribution in [0.5, 0.6) is 11.5 Å². The molecule has 2 heterocycles. The summed E-state index contributed by atoms with van der Waals surface area (Å²) in [6, 6.07) is 17.8. The Labute approximate surface area is 170 Å². The predicted octanol–water partition coefficient (Wildman–Crippen LogP) is 2.97. The van der Waals surface area contributed by atoms with Crippen LogP contribution in [-0.2, 0) is 6.54 Å². The first-order valence-electron chi connectivity index (χ1n) is 9.82. The van der Waals surface area contributed by atoms with Crippen LogP contribution in [-0.4, -0.2) is 41.7 Å². The molecule has 0 aliphatic carbocycles. The molecule has 3 aromatic rings. The SMILES string of the molecule is CCNC(=NCc1ncc(-c2ccccc2)[nH]1)NCC1COc2ccccc2O1. The van der Waals surface area contributed by atoms with Crippen LogP contribution in [0.2, 0.25) is 0 Å². The van der Waals surface area contributed by atoms with Gasteiger partial charge < -0.3 is 25.1 Å². The first-order chi connectivity index (χ1) is 14.3. The lowest BCUT2D eigenvalue weighted by Crippen LogP contribution is -2.45. The number of nitrogens with one attached hydrogen (secondary N) is 3. The van der Waals surface area contributed by atoms with Crippen molar-refractivity contribution >= 4 is 5.96 Å². The van der Waals surface area contributed by atoms with E-state index in [4.69, 9.17) is 9.47 Å². The minimum Gasteiger partial charge on any atom is -0.486 e. The second-order valence-electron chi connectivity index (χ2n) is 6.68. The first kappa shape index (κ1) is 18.9. The van der Waals surface area contributed by atoms with Gasteiger partial charge in [-0.3, -0.25) is 0 Å². The molecule has 0 saturated carbocycles. The molecule has 1 aromatic heterocycles. The van der Waals surface area contributed by atoms with Crippen molar-refractivity contribution in [2.75, 3.05) is 19.7 Å².